The maximum atomic E-state index is 6.19. The van der Waals surface area contributed by atoms with Gasteiger partial charge >= 0.3 is 0 Å². The molecule has 1 aromatic rings. The molecule has 2 heteroatoms. The lowest BCUT2D eigenvalue weighted by Gasteiger charge is -2.17. The molecule has 2 N–H and O–H groups in total. The summed E-state index contributed by atoms with van der Waals surface area (Å²) in [6.45, 7) is 5.20. The molecule has 0 bridgehead atoms. The van der Waals surface area contributed by atoms with Gasteiger partial charge in [-0.05, 0) is 17.9 Å². The summed E-state index contributed by atoms with van der Waals surface area (Å²) in [5.74, 6) is 1.67. The first-order chi connectivity index (χ1) is 7.18. The molecule has 1 heterocycles. The van der Waals surface area contributed by atoms with Gasteiger partial charge in [0.15, 0.2) is 0 Å². The van der Waals surface area contributed by atoms with Crippen molar-refractivity contribution < 1.29 is 4.74 Å². The fraction of sp³-hybridized carbons (Fsp3) is 0.538. The molecule has 1 aliphatic rings. The number of benzene rings is 1. The van der Waals surface area contributed by atoms with E-state index >= 15 is 0 Å². The maximum Gasteiger partial charge on any atom is 0.127 e. The van der Waals surface area contributed by atoms with Gasteiger partial charge in [-0.3, -0.25) is 0 Å². The summed E-state index contributed by atoms with van der Waals surface area (Å²) in [5, 5.41) is 0. The first-order valence-electron chi connectivity index (χ1n) is 5.68. The van der Waals surface area contributed by atoms with Crippen LogP contribution in [0, 0.1) is 5.92 Å². The van der Waals surface area contributed by atoms with Crippen LogP contribution in [0.5, 0.6) is 5.75 Å². The Morgan fingerprint density at radius 1 is 1.40 bits per heavy atom. The van der Waals surface area contributed by atoms with Gasteiger partial charge in [-0.25, -0.2) is 0 Å². The van der Waals surface area contributed by atoms with E-state index < -0.39 is 0 Å². The highest BCUT2D eigenvalue weighted by atomic mass is 16.5. The van der Waals surface area contributed by atoms with Crippen LogP contribution in [-0.2, 0) is 6.42 Å². The molecule has 2 nitrogen and oxygen atoms in total. The summed E-state index contributed by atoms with van der Waals surface area (Å²) in [7, 11) is 0. The quantitative estimate of drug-likeness (QED) is 0.823. The second-order valence-electron chi connectivity index (χ2n) is 4.67. The van der Waals surface area contributed by atoms with Gasteiger partial charge in [0.2, 0.25) is 0 Å². The van der Waals surface area contributed by atoms with Gasteiger partial charge in [0, 0.05) is 18.0 Å². The van der Waals surface area contributed by atoms with Crippen LogP contribution in [0.3, 0.4) is 0 Å². The zero-order valence-corrected chi connectivity index (χ0v) is 9.49. The van der Waals surface area contributed by atoms with Crippen LogP contribution in [0.1, 0.15) is 37.4 Å². The fourth-order valence-electron chi connectivity index (χ4n) is 2.17. The second-order valence-corrected chi connectivity index (χ2v) is 4.67. The van der Waals surface area contributed by atoms with E-state index in [2.05, 4.69) is 32.0 Å². The molecule has 1 aliphatic heterocycles. The molecule has 0 saturated carbocycles. The maximum absolute atomic E-state index is 6.19. The van der Waals surface area contributed by atoms with Crippen molar-refractivity contribution >= 4 is 0 Å². The number of para-hydroxylation sites is 1. The highest BCUT2D eigenvalue weighted by Gasteiger charge is 2.20. The van der Waals surface area contributed by atoms with Crippen molar-refractivity contribution in [1.82, 2.24) is 0 Å². The van der Waals surface area contributed by atoms with Crippen molar-refractivity contribution in [3.8, 4) is 5.75 Å². The molecule has 1 atom stereocenters. The number of rotatable bonds is 3. The first-order valence-corrected chi connectivity index (χ1v) is 5.68. The molecular formula is C13H19NO. The van der Waals surface area contributed by atoms with E-state index in [0.29, 0.717) is 5.92 Å². The third-order valence-corrected chi connectivity index (χ3v) is 2.87. The Balaban J connectivity index is 2.24. The summed E-state index contributed by atoms with van der Waals surface area (Å²) in [5.41, 5.74) is 8.68. The minimum atomic E-state index is 0.109. The van der Waals surface area contributed by atoms with E-state index in [-0.39, 0.29) is 6.04 Å². The number of fused-ring (bicyclic) bond motifs is 1. The Morgan fingerprint density at radius 2 is 2.20 bits per heavy atom. The van der Waals surface area contributed by atoms with Gasteiger partial charge < -0.3 is 10.5 Å². The molecule has 15 heavy (non-hydrogen) atoms. The van der Waals surface area contributed by atoms with Crippen LogP contribution >= 0.6 is 0 Å². The van der Waals surface area contributed by atoms with E-state index in [4.69, 9.17) is 10.5 Å². The fourth-order valence-corrected chi connectivity index (χ4v) is 2.17. The zero-order chi connectivity index (χ0) is 10.8. The summed E-state index contributed by atoms with van der Waals surface area (Å²) >= 11 is 0. The van der Waals surface area contributed by atoms with Gasteiger partial charge in [0.05, 0.1) is 6.61 Å². The average Bonchev–Trinajstić information content (AvgIpc) is 2.63. The molecule has 1 unspecified atom stereocenters. The van der Waals surface area contributed by atoms with Crippen molar-refractivity contribution in [2.45, 2.75) is 32.7 Å². The zero-order valence-electron chi connectivity index (χ0n) is 9.49. The molecule has 0 spiro atoms. The largest absolute Gasteiger partial charge is 0.493 e. The summed E-state index contributed by atoms with van der Waals surface area (Å²) in [6, 6.07) is 6.42. The van der Waals surface area contributed by atoms with Crippen molar-refractivity contribution in [3.05, 3.63) is 29.3 Å². The third kappa shape index (κ3) is 2.15. The molecule has 0 radical (unpaired) electrons. The van der Waals surface area contributed by atoms with Gasteiger partial charge in [-0.1, -0.05) is 32.0 Å². The van der Waals surface area contributed by atoms with Crippen LogP contribution in [0.15, 0.2) is 18.2 Å². The van der Waals surface area contributed by atoms with Gasteiger partial charge in [0.25, 0.3) is 0 Å². The van der Waals surface area contributed by atoms with E-state index in [1.165, 1.54) is 11.1 Å². The molecular weight excluding hydrogens is 186 g/mol. The molecule has 0 fully saturated rings. The Kier molecular flexibility index (Phi) is 2.96. The van der Waals surface area contributed by atoms with Crippen LogP contribution < -0.4 is 10.5 Å². The highest BCUT2D eigenvalue weighted by molar-refractivity contribution is 5.45. The Bertz CT molecular complexity index is 346. The van der Waals surface area contributed by atoms with E-state index in [9.17, 15) is 0 Å². The lowest BCUT2D eigenvalue weighted by molar-refractivity contribution is 0.348. The monoisotopic (exact) mass is 205 g/mol. The average molecular weight is 205 g/mol. The van der Waals surface area contributed by atoms with Crippen LogP contribution in [0.2, 0.25) is 0 Å². The van der Waals surface area contributed by atoms with Gasteiger partial charge in [-0.15, -0.1) is 0 Å². The number of hydrogen-bond acceptors (Lipinski definition) is 2. The lowest BCUT2D eigenvalue weighted by Crippen LogP contribution is -2.13. The minimum absolute atomic E-state index is 0.109. The highest BCUT2D eigenvalue weighted by Crippen LogP contribution is 2.34. The minimum Gasteiger partial charge on any atom is -0.493 e. The van der Waals surface area contributed by atoms with Crippen molar-refractivity contribution in [2.24, 2.45) is 11.7 Å². The summed E-state index contributed by atoms with van der Waals surface area (Å²) in [4.78, 5) is 0. The van der Waals surface area contributed by atoms with E-state index in [1.54, 1.807) is 0 Å². The smallest absolute Gasteiger partial charge is 0.127 e. The Morgan fingerprint density at radius 3 is 2.93 bits per heavy atom. The standard InChI is InChI=1S/C13H19NO/c1-9(2)8-12(14)11-5-3-4-10-6-7-15-13(10)11/h3-5,9,12H,6-8,14H2,1-2H3. The summed E-state index contributed by atoms with van der Waals surface area (Å²) in [6.07, 6.45) is 2.04. The number of hydrogen-bond donors (Lipinski definition) is 1. The SMILES string of the molecule is CC(C)CC(N)c1cccc2c1OCC2. The van der Waals surface area contributed by atoms with E-state index in [0.717, 1.165) is 25.2 Å². The Labute approximate surface area is 91.4 Å². The molecule has 0 aromatic heterocycles. The third-order valence-electron chi connectivity index (χ3n) is 2.87. The van der Waals surface area contributed by atoms with Gasteiger partial charge in [-0.2, -0.15) is 0 Å². The predicted molar refractivity (Wildman–Crippen MR) is 62.0 cm³/mol. The van der Waals surface area contributed by atoms with Crippen LogP contribution in [0.25, 0.3) is 0 Å². The van der Waals surface area contributed by atoms with Crippen molar-refractivity contribution in [1.29, 1.82) is 0 Å². The van der Waals surface area contributed by atoms with Crippen molar-refractivity contribution in [3.63, 3.8) is 0 Å². The molecule has 82 valence electrons. The topological polar surface area (TPSA) is 35.2 Å². The molecule has 0 saturated heterocycles. The van der Waals surface area contributed by atoms with E-state index in [1.807, 2.05) is 0 Å². The number of nitrogens with two attached hydrogens (primary N) is 1. The lowest BCUT2D eigenvalue weighted by atomic mass is 9.95. The molecule has 0 amide bonds. The molecule has 0 aliphatic carbocycles. The summed E-state index contributed by atoms with van der Waals surface area (Å²) < 4.78 is 5.65. The molecule has 1 aromatic carbocycles. The first kappa shape index (κ1) is 10.5. The van der Waals surface area contributed by atoms with Crippen LogP contribution in [0.4, 0.5) is 0 Å². The predicted octanol–water partition coefficient (Wildman–Crippen LogP) is 2.67. The van der Waals surface area contributed by atoms with Gasteiger partial charge in [0.1, 0.15) is 5.75 Å². The molecule has 2 rings (SSSR count). The van der Waals surface area contributed by atoms with Crippen molar-refractivity contribution in [2.75, 3.05) is 6.61 Å². The second kappa shape index (κ2) is 4.23. The van der Waals surface area contributed by atoms with Crippen LogP contribution in [-0.4, -0.2) is 6.61 Å². The normalized spacial score (nSPS) is 16.3. The Hall–Kier alpha value is -1.02. The number of ether oxygens (including phenoxy) is 1.